The fraction of sp³-hybridized carbons (Fsp3) is 0.0968. The van der Waals surface area contributed by atoms with Crippen molar-refractivity contribution in [2.24, 2.45) is 0 Å². The lowest BCUT2D eigenvalue weighted by Crippen LogP contribution is -2.30. The molecule has 0 aliphatic carbocycles. The third-order valence-electron chi connectivity index (χ3n) is 7.15. The average molecular weight is 548 g/mol. The molecule has 0 spiro atoms. The normalized spacial score (nSPS) is 13.7. The van der Waals surface area contributed by atoms with Gasteiger partial charge in [-0.2, -0.15) is 5.10 Å². The molecule has 7 rings (SSSR count). The van der Waals surface area contributed by atoms with Gasteiger partial charge in [-0.25, -0.2) is 18.1 Å². The van der Waals surface area contributed by atoms with Gasteiger partial charge in [0.25, 0.3) is 10.0 Å². The van der Waals surface area contributed by atoms with Crippen LogP contribution in [0, 0.1) is 0 Å². The van der Waals surface area contributed by atoms with Gasteiger partial charge in [0.1, 0.15) is 23.0 Å². The minimum atomic E-state index is -3.74. The number of aromatic amines is 1. The summed E-state index contributed by atoms with van der Waals surface area (Å²) in [4.78, 5) is 8.39. The number of H-pyrrole nitrogens is 1. The maximum atomic E-state index is 13.5. The number of hydrogen-bond acceptors (Lipinski definition) is 5. The molecule has 0 atom stereocenters. The number of benzene rings is 4. The van der Waals surface area contributed by atoms with Crippen LogP contribution in [0.3, 0.4) is 0 Å². The van der Waals surface area contributed by atoms with E-state index in [1.165, 1.54) is 4.31 Å². The number of anilines is 1. The molecule has 0 amide bonds. The number of hydrogen-bond donors (Lipinski definition) is 1. The summed E-state index contributed by atoms with van der Waals surface area (Å²) in [6.07, 6.45) is 0. The van der Waals surface area contributed by atoms with Crippen LogP contribution >= 0.6 is 0 Å². The lowest BCUT2D eigenvalue weighted by molar-refractivity contribution is 0.340. The minimum absolute atomic E-state index is 0.252. The van der Waals surface area contributed by atoms with Crippen molar-refractivity contribution in [2.75, 3.05) is 18.0 Å². The third-order valence-corrected chi connectivity index (χ3v) is 8.97. The summed E-state index contributed by atoms with van der Waals surface area (Å²) >= 11 is 0. The van der Waals surface area contributed by atoms with Crippen LogP contribution in [-0.2, 0) is 10.0 Å². The number of aromatic nitrogens is 4. The molecule has 2 aromatic heterocycles. The number of rotatable bonds is 5. The first-order chi connectivity index (χ1) is 19.5. The molecular formula is C31H25N5O3S. The van der Waals surface area contributed by atoms with Crippen LogP contribution in [0.5, 0.6) is 5.75 Å². The van der Waals surface area contributed by atoms with Crippen molar-refractivity contribution in [3.63, 3.8) is 0 Å². The van der Waals surface area contributed by atoms with Gasteiger partial charge in [0.05, 0.1) is 33.9 Å². The second-order valence-corrected chi connectivity index (χ2v) is 11.5. The van der Waals surface area contributed by atoms with Gasteiger partial charge < -0.3 is 9.72 Å². The van der Waals surface area contributed by atoms with E-state index < -0.39 is 10.0 Å². The second kappa shape index (κ2) is 9.10. The number of nitrogens with zero attached hydrogens (tertiary/aromatic N) is 4. The van der Waals surface area contributed by atoms with Gasteiger partial charge in [-0.3, -0.25) is 4.31 Å². The molecule has 1 N–H and O–H groups in total. The fourth-order valence-corrected chi connectivity index (χ4v) is 6.63. The van der Waals surface area contributed by atoms with E-state index in [2.05, 4.69) is 4.98 Å². The molecule has 3 heterocycles. The number of imidazole rings is 1. The Morgan fingerprint density at radius 2 is 1.62 bits per heavy atom. The van der Waals surface area contributed by atoms with Crippen molar-refractivity contribution in [1.29, 1.82) is 0 Å². The van der Waals surface area contributed by atoms with Crippen molar-refractivity contribution in [2.45, 2.75) is 11.8 Å². The topological polar surface area (TPSA) is 93.1 Å². The van der Waals surface area contributed by atoms with Crippen LogP contribution in [0.25, 0.3) is 50.6 Å². The van der Waals surface area contributed by atoms with Crippen molar-refractivity contribution in [3.8, 4) is 45.3 Å². The highest BCUT2D eigenvalue weighted by Crippen LogP contribution is 2.47. The molecule has 0 saturated heterocycles. The highest BCUT2D eigenvalue weighted by Gasteiger charge is 2.38. The fourth-order valence-electron chi connectivity index (χ4n) is 5.23. The number of sulfonamides is 1. The van der Waals surface area contributed by atoms with Gasteiger partial charge in [0.15, 0.2) is 0 Å². The zero-order valence-electron chi connectivity index (χ0n) is 21.9. The molecule has 8 nitrogen and oxygen atoms in total. The predicted octanol–water partition coefficient (Wildman–Crippen LogP) is 6.29. The molecule has 1 aliphatic heterocycles. The highest BCUT2D eigenvalue weighted by atomic mass is 32.2. The molecule has 198 valence electrons. The Kier molecular flexibility index (Phi) is 5.50. The summed E-state index contributed by atoms with van der Waals surface area (Å²) in [6.45, 7) is 2.56. The SMILES string of the molecule is CCOc1ccc2nc(-c3ccc(-n4nc5c(c4-c4ccccc4)N(C)S(=O)(=O)c4ccccc4-5)cc3)[nH]c2c1. The van der Waals surface area contributed by atoms with Crippen molar-refractivity contribution in [1.82, 2.24) is 19.7 Å². The molecule has 0 unspecified atom stereocenters. The van der Waals surface area contributed by atoms with E-state index in [0.717, 1.165) is 39.4 Å². The molecule has 0 bridgehead atoms. The Bertz CT molecular complexity index is 1990. The van der Waals surface area contributed by atoms with Gasteiger partial charge in [0, 0.05) is 29.8 Å². The van der Waals surface area contributed by atoms with Crippen molar-refractivity contribution >= 4 is 26.7 Å². The number of nitrogens with one attached hydrogen (secondary N) is 1. The van der Waals surface area contributed by atoms with E-state index >= 15 is 0 Å². The molecule has 9 heteroatoms. The standard InChI is InChI=1S/C31H25N5O3S/c1-3-39-23-17-18-25-26(19-23)33-31(32-25)21-13-15-22(16-14-21)36-29(20-9-5-4-6-10-20)30-28(34-36)24-11-7-8-12-27(24)40(37,38)35(30)2/h4-19H,3H2,1-2H3,(H,32,33). The molecule has 6 aromatic rings. The maximum absolute atomic E-state index is 13.5. The van der Waals surface area contributed by atoms with E-state index in [4.69, 9.17) is 14.8 Å². The van der Waals surface area contributed by atoms with Crippen molar-refractivity contribution in [3.05, 3.63) is 97.1 Å². The van der Waals surface area contributed by atoms with E-state index in [1.807, 2.05) is 96.5 Å². The lowest BCUT2D eigenvalue weighted by atomic mass is 10.1. The van der Waals surface area contributed by atoms with E-state index in [0.29, 0.717) is 29.2 Å². The number of ether oxygens (including phenoxy) is 1. The van der Waals surface area contributed by atoms with Crippen molar-refractivity contribution < 1.29 is 13.2 Å². The Balaban J connectivity index is 1.37. The molecule has 0 saturated carbocycles. The van der Waals surface area contributed by atoms with Gasteiger partial charge in [0.2, 0.25) is 0 Å². The summed E-state index contributed by atoms with van der Waals surface area (Å²) in [7, 11) is -2.15. The van der Waals surface area contributed by atoms with Gasteiger partial charge in [-0.1, -0.05) is 48.5 Å². The first-order valence-corrected chi connectivity index (χ1v) is 14.4. The smallest absolute Gasteiger partial charge is 0.264 e. The van der Waals surface area contributed by atoms with Gasteiger partial charge in [-0.05, 0) is 49.4 Å². The molecular weight excluding hydrogens is 522 g/mol. The van der Waals surface area contributed by atoms with Crippen LogP contribution < -0.4 is 9.04 Å². The summed E-state index contributed by atoms with van der Waals surface area (Å²) in [5.41, 5.74) is 6.82. The highest BCUT2D eigenvalue weighted by molar-refractivity contribution is 7.93. The Hall–Kier alpha value is -4.89. The van der Waals surface area contributed by atoms with E-state index in [1.54, 1.807) is 19.2 Å². The zero-order valence-corrected chi connectivity index (χ0v) is 22.7. The maximum Gasteiger partial charge on any atom is 0.264 e. The van der Waals surface area contributed by atoms with E-state index in [9.17, 15) is 8.42 Å². The Morgan fingerprint density at radius 3 is 2.40 bits per heavy atom. The number of fused-ring (bicyclic) bond motifs is 4. The Morgan fingerprint density at radius 1 is 0.875 bits per heavy atom. The monoisotopic (exact) mass is 547 g/mol. The summed E-state index contributed by atoms with van der Waals surface area (Å²) < 4.78 is 35.8. The van der Waals surface area contributed by atoms with Crippen LogP contribution in [-0.4, -0.2) is 41.8 Å². The molecule has 0 fully saturated rings. The molecule has 40 heavy (non-hydrogen) atoms. The van der Waals surface area contributed by atoms with Crippen LogP contribution in [0.1, 0.15) is 6.92 Å². The zero-order chi connectivity index (χ0) is 27.4. The summed E-state index contributed by atoms with van der Waals surface area (Å²) in [5, 5.41) is 4.99. The quantitative estimate of drug-likeness (QED) is 0.274. The first kappa shape index (κ1) is 24.2. The average Bonchev–Trinajstić information content (AvgIpc) is 3.59. The molecule has 4 aromatic carbocycles. The van der Waals surface area contributed by atoms with Gasteiger partial charge >= 0.3 is 0 Å². The molecule has 0 radical (unpaired) electrons. The van der Waals surface area contributed by atoms with Gasteiger partial charge in [-0.15, -0.1) is 0 Å². The third kappa shape index (κ3) is 3.70. The summed E-state index contributed by atoms with van der Waals surface area (Å²) in [5.74, 6) is 1.54. The van der Waals surface area contributed by atoms with Crippen LogP contribution in [0.15, 0.2) is 102 Å². The minimum Gasteiger partial charge on any atom is -0.494 e. The van der Waals surface area contributed by atoms with Crippen LogP contribution in [0.2, 0.25) is 0 Å². The second-order valence-electron chi connectivity index (χ2n) is 9.54. The van der Waals surface area contributed by atoms with Crippen LogP contribution in [0.4, 0.5) is 5.69 Å². The first-order valence-electron chi connectivity index (χ1n) is 13.0. The summed E-state index contributed by atoms with van der Waals surface area (Å²) in [6, 6.07) is 30.5. The molecule has 1 aliphatic rings. The Labute approximate surface area is 231 Å². The predicted molar refractivity (Wildman–Crippen MR) is 156 cm³/mol. The van der Waals surface area contributed by atoms with E-state index in [-0.39, 0.29) is 4.90 Å². The lowest BCUT2D eigenvalue weighted by Gasteiger charge is -2.26. The largest absolute Gasteiger partial charge is 0.494 e.